The van der Waals surface area contributed by atoms with Gasteiger partial charge >= 0.3 is 0 Å². The van der Waals surface area contributed by atoms with Gasteiger partial charge in [-0.3, -0.25) is 9.97 Å². The molecule has 4 nitrogen and oxygen atoms in total. The van der Waals surface area contributed by atoms with Gasteiger partial charge in [-0.05, 0) is 60.7 Å². The number of nitrogens with zero attached hydrogens (tertiary/aromatic N) is 4. The average Bonchev–Trinajstić information content (AvgIpc) is 2.69. The highest BCUT2D eigenvalue weighted by Crippen LogP contribution is 2.33. The molecule has 0 saturated carbocycles. The maximum atomic E-state index is 4.83. The summed E-state index contributed by atoms with van der Waals surface area (Å²) in [7, 11) is 0. The van der Waals surface area contributed by atoms with Gasteiger partial charge in [0.25, 0.3) is 0 Å². The second kappa shape index (κ2) is 8.49. The minimum absolute atomic E-state index is 0.0410. The van der Waals surface area contributed by atoms with Crippen molar-refractivity contribution in [1.82, 2.24) is 19.9 Å². The standard InChI is InChI=1S/C27H36N4/c1-19-21(18-27(7,8)24-30-12-9-13-31-24)11-15-29-23(19)26(5,6)17-20-10-14-28-22(16-20)25(2,3)4/h9-16H,17-18H2,1-8H3. The van der Waals surface area contributed by atoms with Crippen molar-refractivity contribution in [1.29, 1.82) is 0 Å². The maximum absolute atomic E-state index is 4.83. The van der Waals surface area contributed by atoms with Gasteiger partial charge in [0.1, 0.15) is 5.82 Å². The fourth-order valence-corrected chi connectivity index (χ4v) is 4.24. The molecule has 0 fully saturated rings. The molecule has 0 aliphatic rings. The molecule has 3 aromatic heterocycles. The van der Waals surface area contributed by atoms with Crippen LogP contribution in [-0.4, -0.2) is 19.9 Å². The fraction of sp³-hybridized carbons (Fsp3) is 0.481. The summed E-state index contributed by atoms with van der Waals surface area (Å²) in [6.45, 7) is 17.8. The second-order valence-corrected chi connectivity index (χ2v) is 10.9. The van der Waals surface area contributed by atoms with Crippen LogP contribution < -0.4 is 0 Å². The normalized spacial score (nSPS) is 12.8. The van der Waals surface area contributed by atoms with Gasteiger partial charge < -0.3 is 0 Å². The molecule has 0 saturated heterocycles. The zero-order valence-electron chi connectivity index (χ0n) is 20.3. The molecule has 0 aliphatic carbocycles. The number of rotatable bonds is 6. The first-order valence-corrected chi connectivity index (χ1v) is 11.1. The van der Waals surface area contributed by atoms with E-state index in [-0.39, 0.29) is 16.2 Å². The van der Waals surface area contributed by atoms with Crippen molar-refractivity contribution in [3.63, 3.8) is 0 Å². The first kappa shape index (κ1) is 23.1. The Bertz CT molecular complexity index is 1030. The van der Waals surface area contributed by atoms with E-state index in [0.717, 1.165) is 30.1 Å². The zero-order chi connectivity index (χ0) is 22.9. The third-order valence-corrected chi connectivity index (χ3v) is 6.00. The Labute approximate surface area is 187 Å². The molecule has 0 aromatic carbocycles. The molecule has 0 bridgehead atoms. The molecule has 0 atom stereocenters. The number of aromatic nitrogens is 4. The first-order chi connectivity index (χ1) is 14.4. The number of hydrogen-bond acceptors (Lipinski definition) is 4. The van der Waals surface area contributed by atoms with Crippen molar-refractivity contribution in [2.75, 3.05) is 0 Å². The van der Waals surface area contributed by atoms with E-state index < -0.39 is 0 Å². The van der Waals surface area contributed by atoms with Crippen molar-refractivity contribution >= 4 is 0 Å². The molecule has 0 radical (unpaired) electrons. The van der Waals surface area contributed by atoms with E-state index in [1.165, 1.54) is 16.7 Å². The summed E-state index contributed by atoms with van der Waals surface area (Å²) in [5.41, 5.74) is 5.95. The molecule has 0 spiro atoms. The van der Waals surface area contributed by atoms with Crippen LogP contribution in [0.2, 0.25) is 0 Å². The summed E-state index contributed by atoms with van der Waals surface area (Å²) in [5, 5.41) is 0. The smallest absolute Gasteiger partial charge is 0.134 e. The molecule has 0 amide bonds. The molecule has 3 rings (SSSR count). The molecular formula is C27H36N4. The van der Waals surface area contributed by atoms with Crippen LogP contribution >= 0.6 is 0 Å². The van der Waals surface area contributed by atoms with Crippen molar-refractivity contribution < 1.29 is 0 Å². The Kier molecular flexibility index (Phi) is 6.31. The van der Waals surface area contributed by atoms with Crippen molar-refractivity contribution in [3.05, 3.63) is 83.0 Å². The summed E-state index contributed by atoms with van der Waals surface area (Å²) in [6, 6.07) is 8.38. The second-order valence-electron chi connectivity index (χ2n) is 10.9. The Morgan fingerprint density at radius 3 is 2.00 bits per heavy atom. The lowest BCUT2D eigenvalue weighted by atomic mass is 9.77. The van der Waals surface area contributed by atoms with E-state index >= 15 is 0 Å². The summed E-state index contributed by atoms with van der Waals surface area (Å²) < 4.78 is 0. The summed E-state index contributed by atoms with van der Waals surface area (Å²) >= 11 is 0. The van der Waals surface area contributed by atoms with Crippen LogP contribution in [0.3, 0.4) is 0 Å². The minimum atomic E-state index is -0.151. The molecular weight excluding hydrogens is 380 g/mol. The fourth-order valence-electron chi connectivity index (χ4n) is 4.24. The molecule has 0 aliphatic heterocycles. The first-order valence-electron chi connectivity index (χ1n) is 11.1. The van der Waals surface area contributed by atoms with Crippen LogP contribution in [0, 0.1) is 6.92 Å². The van der Waals surface area contributed by atoms with Crippen LogP contribution in [0.15, 0.2) is 49.1 Å². The Morgan fingerprint density at radius 1 is 0.710 bits per heavy atom. The van der Waals surface area contributed by atoms with Gasteiger partial charge in [0.05, 0.1) is 0 Å². The zero-order valence-corrected chi connectivity index (χ0v) is 20.3. The molecule has 4 heteroatoms. The van der Waals surface area contributed by atoms with E-state index in [0.29, 0.717) is 0 Å². The predicted octanol–water partition coefficient (Wildman–Crippen LogP) is 5.91. The Balaban J connectivity index is 1.89. The molecule has 164 valence electrons. The summed E-state index contributed by atoms with van der Waals surface area (Å²) in [4.78, 5) is 18.4. The summed E-state index contributed by atoms with van der Waals surface area (Å²) in [5.74, 6) is 0.874. The van der Waals surface area contributed by atoms with Crippen molar-refractivity contribution in [2.24, 2.45) is 0 Å². The van der Waals surface area contributed by atoms with Gasteiger partial charge in [-0.2, -0.15) is 0 Å². The van der Waals surface area contributed by atoms with Gasteiger partial charge in [-0.15, -0.1) is 0 Å². The monoisotopic (exact) mass is 416 g/mol. The average molecular weight is 417 g/mol. The van der Waals surface area contributed by atoms with Gasteiger partial charge in [0, 0.05) is 52.4 Å². The highest BCUT2D eigenvalue weighted by Gasteiger charge is 2.29. The maximum Gasteiger partial charge on any atom is 0.134 e. The van der Waals surface area contributed by atoms with Crippen LogP contribution in [0.5, 0.6) is 0 Å². The largest absolute Gasteiger partial charge is 0.261 e. The number of pyridine rings is 2. The van der Waals surface area contributed by atoms with E-state index in [1.54, 1.807) is 0 Å². The highest BCUT2D eigenvalue weighted by atomic mass is 14.9. The van der Waals surface area contributed by atoms with Gasteiger partial charge in [0.2, 0.25) is 0 Å². The lowest BCUT2D eigenvalue weighted by molar-refractivity contribution is 0.476. The van der Waals surface area contributed by atoms with Gasteiger partial charge in [-0.25, -0.2) is 9.97 Å². The molecule has 31 heavy (non-hydrogen) atoms. The Morgan fingerprint density at radius 2 is 1.35 bits per heavy atom. The topological polar surface area (TPSA) is 51.6 Å². The predicted molar refractivity (Wildman–Crippen MR) is 127 cm³/mol. The third kappa shape index (κ3) is 5.36. The van der Waals surface area contributed by atoms with Crippen molar-refractivity contribution in [3.8, 4) is 0 Å². The quantitative estimate of drug-likeness (QED) is 0.501. The van der Waals surface area contributed by atoms with E-state index in [1.807, 2.05) is 30.9 Å². The SMILES string of the molecule is Cc1c(CC(C)(C)c2ncccn2)ccnc1C(C)(C)Cc1ccnc(C(C)(C)C)c1. The molecule has 3 aromatic rings. The summed E-state index contributed by atoms with van der Waals surface area (Å²) in [6.07, 6.45) is 9.32. The molecule has 0 N–H and O–H groups in total. The van der Waals surface area contributed by atoms with Crippen LogP contribution in [0.1, 0.15) is 82.4 Å². The molecule has 0 unspecified atom stereocenters. The van der Waals surface area contributed by atoms with E-state index in [2.05, 4.69) is 88.5 Å². The highest BCUT2D eigenvalue weighted by molar-refractivity contribution is 5.36. The van der Waals surface area contributed by atoms with Crippen LogP contribution in [0.25, 0.3) is 0 Å². The lowest BCUT2D eigenvalue weighted by Crippen LogP contribution is -2.27. The van der Waals surface area contributed by atoms with E-state index in [4.69, 9.17) is 4.98 Å². The van der Waals surface area contributed by atoms with Crippen molar-refractivity contribution in [2.45, 2.75) is 84.5 Å². The van der Waals surface area contributed by atoms with Crippen LogP contribution in [0.4, 0.5) is 0 Å². The number of hydrogen-bond donors (Lipinski definition) is 0. The van der Waals surface area contributed by atoms with Gasteiger partial charge in [-0.1, -0.05) is 48.5 Å². The third-order valence-electron chi connectivity index (χ3n) is 6.00. The molecule has 3 heterocycles. The van der Waals surface area contributed by atoms with Gasteiger partial charge in [0.15, 0.2) is 0 Å². The minimum Gasteiger partial charge on any atom is -0.261 e. The lowest BCUT2D eigenvalue weighted by Gasteiger charge is -2.29. The Hall–Kier alpha value is -2.62. The van der Waals surface area contributed by atoms with E-state index in [9.17, 15) is 0 Å². The van der Waals surface area contributed by atoms with Crippen LogP contribution in [-0.2, 0) is 29.1 Å².